The van der Waals surface area contributed by atoms with Crippen LogP contribution in [0.25, 0.3) is 0 Å². The van der Waals surface area contributed by atoms with Gasteiger partial charge in [0.1, 0.15) is 0 Å². The number of rotatable bonds is 4. The van der Waals surface area contributed by atoms with E-state index in [9.17, 15) is 9.59 Å². The van der Waals surface area contributed by atoms with Gasteiger partial charge in [-0.05, 0) is 45.7 Å². The minimum Gasteiger partial charge on any atom is -0.465 e. The first-order chi connectivity index (χ1) is 10.2. The van der Waals surface area contributed by atoms with Crippen molar-refractivity contribution in [3.8, 4) is 0 Å². The van der Waals surface area contributed by atoms with Gasteiger partial charge in [-0.15, -0.1) is 0 Å². The van der Waals surface area contributed by atoms with Gasteiger partial charge in [0.05, 0.1) is 13.2 Å². The SMILES string of the molecule is CCOC(=O)CN1CCC(C(=O)N2CCCCCC2)CC1. The molecule has 2 aliphatic rings. The minimum absolute atomic E-state index is 0.154. The second-order valence-electron chi connectivity index (χ2n) is 6.09. The highest BCUT2D eigenvalue weighted by molar-refractivity contribution is 5.79. The van der Waals surface area contributed by atoms with Gasteiger partial charge < -0.3 is 9.64 Å². The van der Waals surface area contributed by atoms with Gasteiger partial charge in [-0.3, -0.25) is 14.5 Å². The lowest BCUT2D eigenvalue weighted by atomic mass is 9.95. The van der Waals surface area contributed by atoms with Crippen LogP contribution in [0.15, 0.2) is 0 Å². The lowest BCUT2D eigenvalue weighted by Gasteiger charge is -2.33. The predicted octanol–water partition coefficient (Wildman–Crippen LogP) is 1.66. The Bertz CT molecular complexity index is 343. The number of carbonyl (C=O) groups is 2. The number of esters is 1. The summed E-state index contributed by atoms with van der Waals surface area (Å²) in [5.74, 6) is 0.337. The summed E-state index contributed by atoms with van der Waals surface area (Å²) < 4.78 is 4.97. The zero-order valence-corrected chi connectivity index (χ0v) is 13.2. The average molecular weight is 296 g/mol. The number of carbonyl (C=O) groups excluding carboxylic acids is 2. The Balaban J connectivity index is 1.74. The van der Waals surface area contributed by atoms with Crippen LogP contribution in [-0.4, -0.2) is 61.0 Å². The molecule has 2 aliphatic heterocycles. The summed E-state index contributed by atoms with van der Waals surface area (Å²) in [6, 6.07) is 0. The Morgan fingerprint density at radius 2 is 1.62 bits per heavy atom. The molecule has 0 spiro atoms. The highest BCUT2D eigenvalue weighted by Gasteiger charge is 2.29. The summed E-state index contributed by atoms with van der Waals surface area (Å²) in [7, 11) is 0. The lowest BCUT2D eigenvalue weighted by Crippen LogP contribution is -2.44. The molecule has 0 atom stereocenters. The lowest BCUT2D eigenvalue weighted by molar-refractivity contribution is -0.145. The van der Waals surface area contributed by atoms with Crippen LogP contribution in [0.5, 0.6) is 0 Å². The molecule has 2 heterocycles. The van der Waals surface area contributed by atoms with Crippen molar-refractivity contribution in [2.24, 2.45) is 5.92 Å². The van der Waals surface area contributed by atoms with Crippen LogP contribution in [0.3, 0.4) is 0 Å². The fourth-order valence-corrected chi connectivity index (χ4v) is 3.28. The van der Waals surface area contributed by atoms with Crippen LogP contribution in [0.1, 0.15) is 45.4 Å². The van der Waals surface area contributed by atoms with Gasteiger partial charge in [0.25, 0.3) is 0 Å². The quantitative estimate of drug-likeness (QED) is 0.740. The third kappa shape index (κ3) is 4.99. The summed E-state index contributed by atoms with van der Waals surface area (Å²) in [5.41, 5.74) is 0. The van der Waals surface area contributed by atoms with Crippen LogP contribution in [0, 0.1) is 5.92 Å². The summed E-state index contributed by atoms with van der Waals surface area (Å²) in [6.07, 6.45) is 6.54. The van der Waals surface area contributed by atoms with E-state index in [-0.39, 0.29) is 11.9 Å². The van der Waals surface area contributed by atoms with Gasteiger partial charge in [-0.1, -0.05) is 12.8 Å². The molecule has 2 fully saturated rings. The Hall–Kier alpha value is -1.10. The Kier molecular flexibility index (Phi) is 6.49. The third-order valence-corrected chi connectivity index (χ3v) is 4.51. The van der Waals surface area contributed by atoms with Crippen molar-refractivity contribution in [3.63, 3.8) is 0 Å². The Morgan fingerprint density at radius 1 is 1.00 bits per heavy atom. The van der Waals surface area contributed by atoms with E-state index in [2.05, 4.69) is 9.80 Å². The zero-order valence-electron chi connectivity index (χ0n) is 13.2. The highest BCUT2D eigenvalue weighted by Crippen LogP contribution is 2.21. The topological polar surface area (TPSA) is 49.9 Å². The first-order valence-corrected chi connectivity index (χ1v) is 8.37. The van der Waals surface area contributed by atoms with Gasteiger partial charge >= 0.3 is 5.97 Å². The van der Waals surface area contributed by atoms with E-state index in [0.717, 1.165) is 51.9 Å². The molecule has 0 N–H and O–H groups in total. The van der Waals surface area contributed by atoms with Crippen LogP contribution in [0.2, 0.25) is 0 Å². The van der Waals surface area contributed by atoms with E-state index in [1.165, 1.54) is 12.8 Å². The molecule has 0 aliphatic carbocycles. The maximum Gasteiger partial charge on any atom is 0.320 e. The number of ether oxygens (including phenoxy) is 1. The van der Waals surface area contributed by atoms with Crippen molar-refractivity contribution in [1.82, 2.24) is 9.80 Å². The predicted molar refractivity (Wildman–Crippen MR) is 80.8 cm³/mol. The van der Waals surface area contributed by atoms with Gasteiger partial charge in [0.2, 0.25) is 5.91 Å². The van der Waals surface area contributed by atoms with E-state index in [1.54, 1.807) is 0 Å². The summed E-state index contributed by atoms with van der Waals surface area (Å²) >= 11 is 0. The molecule has 5 nitrogen and oxygen atoms in total. The van der Waals surface area contributed by atoms with E-state index >= 15 is 0 Å². The second kappa shape index (κ2) is 8.37. The van der Waals surface area contributed by atoms with Crippen molar-refractivity contribution in [1.29, 1.82) is 0 Å². The van der Waals surface area contributed by atoms with Gasteiger partial charge in [0, 0.05) is 19.0 Å². The molecule has 0 radical (unpaired) electrons. The van der Waals surface area contributed by atoms with Crippen molar-refractivity contribution in [3.05, 3.63) is 0 Å². The smallest absolute Gasteiger partial charge is 0.320 e. The van der Waals surface area contributed by atoms with Crippen LogP contribution < -0.4 is 0 Å². The summed E-state index contributed by atoms with van der Waals surface area (Å²) in [4.78, 5) is 28.2. The molecule has 0 aromatic heterocycles. The standard InChI is InChI=1S/C16H28N2O3/c1-2-21-15(19)13-17-11-7-14(8-12-17)16(20)18-9-5-3-4-6-10-18/h14H,2-13H2,1H3. The number of amides is 1. The average Bonchev–Trinajstić information content (AvgIpc) is 2.76. The Labute approximate surface area is 127 Å². The normalized spacial score (nSPS) is 21.9. The fraction of sp³-hybridized carbons (Fsp3) is 0.875. The molecular weight excluding hydrogens is 268 g/mol. The van der Waals surface area contributed by atoms with Crippen molar-refractivity contribution in [2.45, 2.75) is 45.4 Å². The second-order valence-corrected chi connectivity index (χ2v) is 6.09. The van der Waals surface area contributed by atoms with E-state index in [4.69, 9.17) is 4.74 Å². The van der Waals surface area contributed by atoms with Crippen molar-refractivity contribution in [2.75, 3.05) is 39.3 Å². The number of piperidine rings is 1. The largest absolute Gasteiger partial charge is 0.465 e. The number of nitrogens with zero attached hydrogens (tertiary/aromatic N) is 2. The summed E-state index contributed by atoms with van der Waals surface area (Å²) in [6.45, 7) is 6.13. The monoisotopic (exact) mass is 296 g/mol. The molecule has 21 heavy (non-hydrogen) atoms. The molecule has 5 heteroatoms. The van der Waals surface area contributed by atoms with Crippen LogP contribution in [0.4, 0.5) is 0 Å². The molecule has 1 amide bonds. The number of hydrogen-bond donors (Lipinski definition) is 0. The molecular formula is C16H28N2O3. The Morgan fingerprint density at radius 3 is 2.19 bits per heavy atom. The number of hydrogen-bond acceptors (Lipinski definition) is 4. The molecule has 0 bridgehead atoms. The zero-order chi connectivity index (χ0) is 15.1. The van der Waals surface area contributed by atoms with Gasteiger partial charge in [-0.25, -0.2) is 0 Å². The molecule has 120 valence electrons. The fourth-order valence-electron chi connectivity index (χ4n) is 3.28. The molecule has 0 saturated carbocycles. The third-order valence-electron chi connectivity index (χ3n) is 4.51. The van der Waals surface area contributed by atoms with E-state index in [0.29, 0.717) is 19.1 Å². The van der Waals surface area contributed by atoms with Crippen LogP contribution >= 0.6 is 0 Å². The minimum atomic E-state index is -0.158. The summed E-state index contributed by atoms with van der Waals surface area (Å²) in [5, 5.41) is 0. The van der Waals surface area contributed by atoms with Crippen molar-refractivity contribution < 1.29 is 14.3 Å². The maximum atomic E-state index is 12.6. The maximum absolute atomic E-state index is 12.6. The van der Waals surface area contributed by atoms with E-state index in [1.807, 2.05) is 6.92 Å². The highest BCUT2D eigenvalue weighted by atomic mass is 16.5. The molecule has 2 rings (SSSR count). The molecule has 0 aromatic carbocycles. The van der Waals surface area contributed by atoms with E-state index < -0.39 is 0 Å². The van der Waals surface area contributed by atoms with Gasteiger partial charge in [0.15, 0.2) is 0 Å². The van der Waals surface area contributed by atoms with Crippen molar-refractivity contribution >= 4 is 11.9 Å². The first-order valence-electron chi connectivity index (χ1n) is 8.37. The van der Waals surface area contributed by atoms with Crippen LogP contribution in [-0.2, 0) is 14.3 Å². The molecule has 2 saturated heterocycles. The number of likely N-dealkylation sites (tertiary alicyclic amines) is 2. The molecule has 0 aromatic rings. The first kappa shape index (κ1) is 16.3. The van der Waals surface area contributed by atoms with Gasteiger partial charge in [-0.2, -0.15) is 0 Å². The molecule has 0 unspecified atom stereocenters.